The van der Waals surface area contributed by atoms with Crippen LogP contribution in [0.15, 0.2) is 72.8 Å². The summed E-state index contributed by atoms with van der Waals surface area (Å²) in [5, 5.41) is 0.703. The minimum Gasteiger partial charge on any atom is -0.337 e. The van der Waals surface area contributed by atoms with Crippen molar-refractivity contribution >= 4 is 11.6 Å². The third-order valence-corrected chi connectivity index (χ3v) is 5.75. The molecule has 1 heterocycles. The minimum absolute atomic E-state index is 0.503. The van der Waals surface area contributed by atoms with E-state index in [0.29, 0.717) is 16.9 Å². The Balaban J connectivity index is 1.84. The Labute approximate surface area is 184 Å². The van der Waals surface area contributed by atoms with Gasteiger partial charge in [-0.15, -0.1) is 0 Å². The van der Waals surface area contributed by atoms with Crippen molar-refractivity contribution < 1.29 is 0 Å². The van der Waals surface area contributed by atoms with E-state index in [4.69, 9.17) is 16.6 Å². The zero-order chi connectivity index (χ0) is 21.3. The lowest BCUT2D eigenvalue weighted by atomic mass is 9.97. The van der Waals surface area contributed by atoms with E-state index in [1.54, 1.807) is 0 Å². The Bertz CT molecular complexity index is 1070. The molecule has 3 aromatic carbocycles. The van der Waals surface area contributed by atoms with Crippen LogP contribution in [-0.4, -0.2) is 9.97 Å². The lowest BCUT2D eigenvalue weighted by Crippen LogP contribution is -1.89. The highest BCUT2D eigenvalue weighted by atomic mass is 35.5. The highest BCUT2D eigenvalue weighted by Crippen LogP contribution is 2.34. The molecular formula is C27H27ClN2. The fourth-order valence-corrected chi connectivity index (χ4v) is 3.81. The van der Waals surface area contributed by atoms with Crippen LogP contribution in [0.4, 0.5) is 0 Å². The van der Waals surface area contributed by atoms with Gasteiger partial charge in [-0.1, -0.05) is 100.0 Å². The molecule has 30 heavy (non-hydrogen) atoms. The second kappa shape index (κ2) is 8.49. The number of nitrogens with one attached hydrogen (secondary N) is 1. The molecule has 1 aromatic heterocycles. The van der Waals surface area contributed by atoms with Gasteiger partial charge in [0.1, 0.15) is 5.82 Å². The maximum absolute atomic E-state index is 6.23. The fraction of sp³-hybridized carbons (Fsp3) is 0.222. The number of rotatable bonds is 5. The number of hydrogen-bond acceptors (Lipinski definition) is 1. The molecule has 0 spiro atoms. The van der Waals surface area contributed by atoms with Crippen molar-refractivity contribution in [3.8, 4) is 33.9 Å². The normalized spacial score (nSPS) is 11.4. The highest BCUT2D eigenvalue weighted by molar-refractivity contribution is 6.30. The molecule has 0 aliphatic heterocycles. The molecule has 3 heteroatoms. The Kier molecular flexibility index (Phi) is 5.78. The van der Waals surface area contributed by atoms with E-state index in [-0.39, 0.29) is 0 Å². The number of aromatic nitrogens is 2. The van der Waals surface area contributed by atoms with Gasteiger partial charge in [-0.3, -0.25) is 0 Å². The predicted molar refractivity (Wildman–Crippen MR) is 128 cm³/mol. The summed E-state index contributed by atoms with van der Waals surface area (Å²) in [7, 11) is 0. The van der Waals surface area contributed by atoms with E-state index < -0.39 is 0 Å². The van der Waals surface area contributed by atoms with Gasteiger partial charge in [-0.25, -0.2) is 4.98 Å². The van der Waals surface area contributed by atoms with Gasteiger partial charge < -0.3 is 4.98 Å². The van der Waals surface area contributed by atoms with Crippen molar-refractivity contribution in [2.75, 3.05) is 0 Å². The van der Waals surface area contributed by atoms with Crippen LogP contribution in [0, 0.1) is 0 Å². The average molecular weight is 415 g/mol. The van der Waals surface area contributed by atoms with Crippen LogP contribution in [0.2, 0.25) is 5.02 Å². The van der Waals surface area contributed by atoms with Gasteiger partial charge in [-0.2, -0.15) is 0 Å². The second-order valence-electron chi connectivity index (χ2n) is 8.37. The molecule has 0 amide bonds. The summed E-state index contributed by atoms with van der Waals surface area (Å²) in [6.45, 7) is 8.85. The summed E-state index contributed by atoms with van der Waals surface area (Å²) in [5.41, 5.74) is 7.85. The number of imidazole rings is 1. The Hall–Kier alpha value is -2.84. The molecule has 0 saturated carbocycles. The Morgan fingerprint density at radius 1 is 0.700 bits per heavy atom. The summed E-state index contributed by atoms with van der Waals surface area (Å²) < 4.78 is 0. The molecule has 0 aliphatic carbocycles. The molecule has 0 unspecified atom stereocenters. The quantitative estimate of drug-likeness (QED) is 0.349. The number of nitrogens with zero attached hydrogens (tertiary/aromatic N) is 1. The van der Waals surface area contributed by atoms with Crippen molar-refractivity contribution in [1.82, 2.24) is 9.97 Å². The number of hydrogen-bond donors (Lipinski definition) is 1. The van der Waals surface area contributed by atoms with Crippen LogP contribution < -0.4 is 0 Å². The van der Waals surface area contributed by atoms with Crippen LogP contribution in [0.25, 0.3) is 33.9 Å². The monoisotopic (exact) mass is 414 g/mol. The highest BCUT2D eigenvalue weighted by Gasteiger charge is 2.16. The molecule has 0 atom stereocenters. The van der Waals surface area contributed by atoms with Crippen molar-refractivity contribution in [2.45, 2.75) is 39.5 Å². The van der Waals surface area contributed by atoms with Crippen molar-refractivity contribution in [2.24, 2.45) is 0 Å². The topological polar surface area (TPSA) is 28.7 Å². The van der Waals surface area contributed by atoms with Crippen LogP contribution in [0.1, 0.15) is 50.7 Å². The molecule has 4 aromatic rings. The summed E-state index contributed by atoms with van der Waals surface area (Å²) in [4.78, 5) is 8.54. The summed E-state index contributed by atoms with van der Waals surface area (Å²) >= 11 is 6.23. The fourth-order valence-electron chi connectivity index (χ4n) is 3.62. The van der Waals surface area contributed by atoms with Crippen LogP contribution >= 0.6 is 11.6 Å². The van der Waals surface area contributed by atoms with Gasteiger partial charge in [-0.05, 0) is 35.1 Å². The third-order valence-electron chi connectivity index (χ3n) is 5.52. The predicted octanol–water partition coefficient (Wildman–Crippen LogP) is 8.31. The zero-order valence-corrected chi connectivity index (χ0v) is 18.7. The molecule has 2 nitrogen and oxygen atoms in total. The van der Waals surface area contributed by atoms with Gasteiger partial charge in [0.05, 0.1) is 11.4 Å². The summed E-state index contributed by atoms with van der Waals surface area (Å²) in [5.74, 6) is 1.83. The van der Waals surface area contributed by atoms with Gasteiger partial charge in [0.25, 0.3) is 0 Å². The summed E-state index contributed by atoms with van der Waals surface area (Å²) in [6.07, 6.45) is 0. The van der Waals surface area contributed by atoms with E-state index in [2.05, 4.69) is 81.2 Å². The first-order chi connectivity index (χ1) is 14.4. The van der Waals surface area contributed by atoms with E-state index >= 15 is 0 Å². The van der Waals surface area contributed by atoms with Crippen LogP contribution in [-0.2, 0) is 0 Å². The van der Waals surface area contributed by atoms with E-state index in [1.165, 1.54) is 11.1 Å². The van der Waals surface area contributed by atoms with Gasteiger partial charge in [0.2, 0.25) is 0 Å². The molecule has 0 radical (unpaired) electrons. The molecule has 0 saturated heterocycles. The maximum Gasteiger partial charge on any atom is 0.138 e. The average Bonchev–Trinajstić information content (AvgIpc) is 3.19. The molecule has 0 fully saturated rings. The Morgan fingerprint density at radius 2 is 1.27 bits per heavy atom. The lowest BCUT2D eigenvalue weighted by molar-refractivity contribution is 0.867. The molecular weight excluding hydrogens is 388 g/mol. The first-order valence-corrected chi connectivity index (χ1v) is 10.9. The van der Waals surface area contributed by atoms with Gasteiger partial charge >= 0.3 is 0 Å². The first kappa shape index (κ1) is 20.4. The third kappa shape index (κ3) is 4.20. The standard InChI is InChI=1S/C27H27ClN2/c1-17(2)19-8-12-21(13-9-19)25-26(22-14-10-20(11-15-22)18(3)4)30-27(29-25)23-6-5-7-24(28)16-23/h5-18H,1-4H3,(H,29,30). The van der Waals surface area contributed by atoms with Crippen molar-refractivity contribution in [3.63, 3.8) is 0 Å². The molecule has 0 aliphatic rings. The van der Waals surface area contributed by atoms with Crippen molar-refractivity contribution in [3.05, 3.63) is 88.9 Å². The number of H-pyrrole nitrogens is 1. The van der Waals surface area contributed by atoms with Crippen LogP contribution in [0.5, 0.6) is 0 Å². The zero-order valence-electron chi connectivity index (χ0n) is 17.9. The van der Waals surface area contributed by atoms with Gasteiger partial charge in [0.15, 0.2) is 0 Å². The molecule has 4 rings (SSSR count). The molecule has 0 bridgehead atoms. The smallest absolute Gasteiger partial charge is 0.138 e. The number of benzene rings is 3. The van der Waals surface area contributed by atoms with E-state index in [9.17, 15) is 0 Å². The van der Waals surface area contributed by atoms with Crippen molar-refractivity contribution in [1.29, 1.82) is 0 Å². The second-order valence-corrected chi connectivity index (χ2v) is 8.81. The molecule has 152 valence electrons. The first-order valence-electron chi connectivity index (χ1n) is 10.5. The number of halogens is 1. The maximum atomic E-state index is 6.23. The SMILES string of the molecule is CC(C)c1ccc(-c2nc(-c3cccc(Cl)c3)[nH]c2-c2ccc(C(C)C)cc2)cc1. The van der Waals surface area contributed by atoms with Gasteiger partial charge in [0, 0.05) is 21.7 Å². The Morgan fingerprint density at radius 3 is 1.80 bits per heavy atom. The van der Waals surface area contributed by atoms with Crippen LogP contribution in [0.3, 0.4) is 0 Å². The molecule has 1 N–H and O–H groups in total. The van der Waals surface area contributed by atoms with E-state index in [1.807, 2.05) is 24.3 Å². The summed E-state index contributed by atoms with van der Waals surface area (Å²) in [6, 6.07) is 25.3. The largest absolute Gasteiger partial charge is 0.337 e. The number of aromatic amines is 1. The van der Waals surface area contributed by atoms with E-state index in [0.717, 1.165) is 33.9 Å². The lowest BCUT2D eigenvalue weighted by Gasteiger charge is -2.09. The minimum atomic E-state index is 0.503.